The van der Waals surface area contributed by atoms with E-state index in [1.165, 1.54) is 29.5 Å². The molecule has 6 nitrogen and oxygen atoms in total. The third-order valence-electron chi connectivity index (χ3n) is 4.05. The molecule has 0 aliphatic rings. The lowest BCUT2D eigenvalue weighted by atomic mass is 10.0. The van der Waals surface area contributed by atoms with Crippen LogP contribution in [0.1, 0.15) is 24.3 Å². The fourth-order valence-electron chi connectivity index (χ4n) is 2.57. The molecule has 0 fully saturated rings. The predicted molar refractivity (Wildman–Crippen MR) is 105 cm³/mol. The van der Waals surface area contributed by atoms with Crippen LogP contribution in [0.4, 0.5) is 10.1 Å². The van der Waals surface area contributed by atoms with E-state index < -0.39 is 5.82 Å². The average Bonchev–Trinajstić information content (AvgIpc) is 3.27. The van der Waals surface area contributed by atoms with Gasteiger partial charge in [0.15, 0.2) is 5.82 Å². The maximum atomic E-state index is 13.2. The van der Waals surface area contributed by atoms with Crippen molar-refractivity contribution in [3.63, 3.8) is 0 Å². The number of halogens is 2. The van der Waals surface area contributed by atoms with Gasteiger partial charge in [0.1, 0.15) is 12.1 Å². The van der Waals surface area contributed by atoms with Gasteiger partial charge >= 0.3 is 0 Å². The molecule has 3 N–H and O–H groups in total. The van der Waals surface area contributed by atoms with Crippen molar-refractivity contribution in [2.24, 2.45) is 18.7 Å². The van der Waals surface area contributed by atoms with Crippen molar-refractivity contribution in [3.05, 3.63) is 52.4 Å². The van der Waals surface area contributed by atoms with Gasteiger partial charge in [0, 0.05) is 29.6 Å². The first-order chi connectivity index (χ1) is 12.8. The van der Waals surface area contributed by atoms with Gasteiger partial charge in [-0.25, -0.2) is 9.37 Å². The Hall–Kier alpha value is -2.29. The Bertz CT molecular complexity index is 957. The molecule has 142 valence electrons. The maximum absolute atomic E-state index is 13.2. The minimum Gasteiger partial charge on any atom is -0.326 e. The highest BCUT2D eigenvalue weighted by molar-refractivity contribution is 7.15. The minimum atomic E-state index is -0.527. The molecule has 0 saturated heterocycles. The SMILES string of the molecule is CC(CC(N)c1ccc(-c2ncn(C)n2)s1)C(=O)Nc1ccc(F)c(Cl)c1. The number of benzene rings is 1. The Morgan fingerprint density at radius 1 is 1.41 bits per heavy atom. The van der Waals surface area contributed by atoms with E-state index in [1.54, 1.807) is 17.9 Å². The third-order valence-corrected chi connectivity index (χ3v) is 5.56. The van der Waals surface area contributed by atoms with E-state index >= 15 is 0 Å². The van der Waals surface area contributed by atoms with Crippen LogP contribution >= 0.6 is 22.9 Å². The van der Waals surface area contributed by atoms with Crippen molar-refractivity contribution in [3.8, 4) is 10.7 Å². The van der Waals surface area contributed by atoms with E-state index in [0.717, 1.165) is 9.75 Å². The van der Waals surface area contributed by atoms with Gasteiger partial charge in [-0.1, -0.05) is 18.5 Å². The number of nitrogens with one attached hydrogen (secondary N) is 1. The first kappa shape index (κ1) is 19.5. The highest BCUT2D eigenvalue weighted by Crippen LogP contribution is 2.31. The van der Waals surface area contributed by atoms with Crippen LogP contribution in [-0.2, 0) is 11.8 Å². The van der Waals surface area contributed by atoms with Gasteiger partial charge in [0.25, 0.3) is 0 Å². The standard InChI is InChI=1S/C18H19ClFN5OS/c1-10(18(26)23-11-3-4-13(20)12(19)8-11)7-14(21)15-5-6-16(27-15)17-22-9-25(2)24-17/h3-6,8-10,14H,7,21H2,1-2H3,(H,23,26). The first-order valence-electron chi connectivity index (χ1n) is 8.30. The molecule has 2 aromatic heterocycles. The Morgan fingerprint density at radius 2 is 2.19 bits per heavy atom. The number of hydrogen-bond acceptors (Lipinski definition) is 5. The summed E-state index contributed by atoms with van der Waals surface area (Å²) in [6.07, 6.45) is 2.11. The normalized spacial score (nSPS) is 13.4. The lowest BCUT2D eigenvalue weighted by Crippen LogP contribution is -2.24. The fraction of sp³-hybridized carbons (Fsp3) is 0.278. The summed E-state index contributed by atoms with van der Waals surface area (Å²) in [5.41, 5.74) is 6.73. The number of anilines is 1. The zero-order valence-electron chi connectivity index (χ0n) is 14.8. The molecule has 0 radical (unpaired) electrons. The summed E-state index contributed by atoms with van der Waals surface area (Å²) in [6, 6.07) is 7.65. The monoisotopic (exact) mass is 407 g/mol. The molecule has 3 rings (SSSR count). The summed E-state index contributed by atoms with van der Waals surface area (Å²) >= 11 is 7.25. The second-order valence-corrected chi connectivity index (χ2v) is 7.83. The number of nitrogens with two attached hydrogens (primary N) is 1. The van der Waals surface area contributed by atoms with Crippen LogP contribution in [0.5, 0.6) is 0 Å². The van der Waals surface area contributed by atoms with Crippen LogP contribution < -0.4 is 11.1 Å². The number of carbonyl (C=O) groups is 1. The van der Waals surface area contributed by atoms with E-state index in [2.05, 4.69) is 15.4 Å². The van der Waals surface area contributed by atoms with Crippen molar-refractivity contribution < 1.29 is 9.18 Å². The van der Waals surface area contributed by atoms with Gasteiger partial charge in [-0.3, -0.25) is 9.48 Å². The van der Waals surface area contributed by atoms with Gasteiger partial charge in [-0.15, -0.1) is 11.3 Å². The first-order valence-corrected chi connectivity index (χ1v) is 9.50. The molecule has 27 heavy (non-hydrogen) atoms. The average molecular weight is 408 g/mol. The molecular weight excluding hydrogens is 389 g/mol. The zero-order valence-corrected chi connectivity index (χ0v) is 16.4. The topological polar surface area (TPSA) is 85.8 Å². The van der Waals surface area contributed by atoms with Crippen molar-refractivity contribution in [1.29, 1.82) is 0 Å². The predicted octanol–water partition coefficient (Wildman–Crippen LogP) is 4.00. The van der Waals surface area contributed by atoms with E-state index in [1.807, 2.05) is 19.2 Å². The quantitative estimate of drug-likeness (QED) is 0.646. The lowest BCUT2D eigenvalue weighted by Gasteiger charge is -2.16. The Labute approximate surface area is 165 Å². The second kappa shape index (κ2) is 8.16. The minimum absolute atomic E-state index is 0.0357. The summed E-state index contributed by atoms with van der Waals surface area (Å²) in [4.78, 5) is 18.5. The Morgan fingerprint density at radius 3 is 2.85 bits per heavy atom. The molecule has 2 atom stereocenters. The smallest absolute Gasteiger partial charge is 0.227 e. The van der Waals surface area contributed by atoms with Crippen molar-refractivity contribution >= 4 is 34.5 Å². The molecule has 3 aromatic rings. The maximum Gasteiger partial charge on any atom is 0.227 e. The largest absolute Gasteiger partial charge is 0.326 e. The number of aromatic nitrogens is 3. The van der Waals surface area contributed by atoms with Gasteiger partial charge in [-0.2, -0.15) is 5.10 Å². The van der Waals surface area contributed by atoms with Crippen LogP contribution in [0.15, 0.2) is 36.7 Å². The number of nitrogens with zero attached hydrogens (tertiary/aromatic N) is 3. The number of thiophene rings is 1. The van der Waals surface area contributed by atoms with Crippen LogP contribution in [-0.4, -0.2) is 20.7 Å². The highest BCUT2D eigenvalue weighted by Gasteiger charge is 2.20. The summed E-state index contributed by atoms with van der Waals surface area (Å²) in [5.74, 6) is -0.404. The van der Waals surface area contributed by atoms with Crippen molar-refractivity contribution in [2.45, 2.75) is 19.4 Å². The number of amides is 1. The van der Waals surface area contributed by atoms with Gasteiger partial charge in [0.2, 0.25) is 5.91 Å². The number of hydrogen-bond donors (Lipinski definition) is 2. The van der Waals surface area contributed by atoms with Crippen molar-refractivity contribution in [1.82, 2.24) is 14.8 Å². The fourth-order valence-corrected chi connectivity index (χ4v) is 3.71. The molecule has 0 saturated carbocycles. The summed E-state index contributed by atoms with van der Waals surface area (Å²) < 4.78 is 14.9. The molecule has 0 aliphatic carbocycles. The molecule has 1 amide bonds. The molecule has 0 spiro atoms. The Kier molecular flexibility index (Phi) is 5.88. The van der Waals surface area contributed by atoms with E-state index in [9.17, 15) is 9.18 Å². The van der Waals surface area contributed by atoms with E-state index in [-0.39, 0.29) is 22.9 Å². The van der Waals surface area contributed by atoms with Gasteiger partial charge in [0.05, 0.1) is 9.90 Å². The third kappa shape index (κ3) is 4.71. The lowest BCUT2D eigenvalue weighted by molar-refractivity contribution is -0.119. The molecule has 9 heteroatoms. The summed E-state index contributed by atoms with van der Waals surface area (Å²) in [5, 5.41) is 6.98. The molecule has 1 aromatic carbocycles. The second-order valence-electron chi connectivity index (χ2n) is 6.31. The summed E-state index contributed by atoms with van der Waals surface area (Å²) in [6.45, 7) is 1.80. The van der Waals surface area contributed by atoms with Crippen LogP contribution in [0, 0.1) is 11.7 Å². The molecule has 0 bridgehead atoms. The number of aryl methyl sites for hydroxylation is 1. The molecule has 2 heterocycles. The van der Waals surface area contributed by atoms with Crippen molar-refractivity contribution in [2.75, 3.05) is 5.32 Å². The van der Waals surface area contributed by atoms with Crippen LogP contribution in [0.2, 0.25) is 5.02 Å². The van der Waals surface area contributed by atoms with Gasteiger partial charge < -0.3 is 11.1 Å². The highest BCUT2D eigenvalue weighted by atomic mass is 35.5. The number of carbonyl (C=O) groups excluding carboxylic acids is 1. The van der Waals surface area contributed by atoms with E-state index in [0.29, 0.717) is 17.9 Å². The molecule has 2 unspecified atom stereocenters. The van der Waals surface area contributed by atoms with Crippen LogP contribution in [0.3, 0.4) is 0 Å². The zero-order chi connectivity index (χ0) is 19.6. The number of rotatable bonds is 6. The van der Waals surface area contributed by atoms with E-state index in [4.69, 9.17) is 17.3 Å². The molecular formula is C18H19ClFN5OS. The molecule has 0 aliphatic heterocycles. The van der Waals surface area contributed by atoms with Gasteiger partial charge in [-0.05, 0) is 36.8 Å². The summed E-state index contributed by atoms with van der Waals surface area (Å²) in [7, 11) is 1.81. The van der Waals surface area contributed by atoms with Crippen LogP contribution in [0.25, 0.3) is 10.7 Å². The Balaban J connectivity index is 1.61.